The van der Waals surface area contributed by atoms with Crippen LogP contribution in [0.15, 0.2) is 24.3 Å². The van der Waals surface area contributed by atoms with Crippen LogP contribution in [0.4, 0.5) is 11.4 Å². The minimum absolute atomic E-state index is 0. The fraction of sp³-hybridized carbons (Fsp3) is 0.562. The van der Waals surface area contributed by atoms with Gasteiger partial charge in [-0.25, -0.2) is 0 Å². The number of rotatable bonds is 1. The summed E-state index contributed by atoms with van der Waals surface area (Å²) in [5, 5.41) is 45.4. The molecule has 0 atom stereocenters. The van der Waals surface area contributed by atoms with Gasteiger partial charge in [0.1, 0.15) is 11.5 Å². The summed E-state index contributed by atoms with van der Waals surface area (Å²) in [6.45, 7) is 26.0. The molecule has 9 N–H and O–H groups in total. The molecule has 0 aliphatic heterocycles. The first kappa shape index (κ1) is 49.9. The van der Waals surface area contributed by atoms with Crippen molar-refractivity contribution in [2.45, 2.75) is 112 Å². The average molecular weight is 703 g/mol. The maximum Gasteiger partial charge on any atom is 0.290 e. The van der Waals surface area contributed by atoms with Gasteiger partial charge in [0.05, 0.1) is 11.0 Å². The van der Waals surface area contributed by atoms with E-state index in [-0.39, 0.29) is 85.9 Å². The second-order valence-electron chi connectivity index (χ2n) is 13.5. The third-order valence-electron chi connectivity index (χ3n) is 5.71. The summed E-state index contributed by atoms with van der Waals surface area (Å²) in [6, 6.07) is 6.72. The summed E-state index contributed by atoms with van der Waals surface area (Å²) in [7, 11) is 0. The molecule has 0 radical (unpaired) electrons. The van der Waals surface area contributed by atoms with E-state index in [0.29, 0.717) is 11.3 Å². The average Bonchev–Trinajstić information content (AvgIpc) is 2.71. The van der Waals surface area contributed by atoms with Crippen molar-refractivity contribution in [3.05, 3.63) is 64.1 Å². The van der Waals surface area contributed by atoms with Crippen molar-refractivity contribution in [3.63, 3.8) is 0 Å². The first-order valence-electron chi connectivity index (χ1n) is 13.2. The summed E-state index contributed by atoms with van der Waals surface area (Å²) >= 11 is 0. The van der Waals surface area contributed by atoms with E-state index >= 15 is 0 Å². The molecule has 2 rings (SSSR count). The van der Waals surface area contributed by atoms with E-state index in [1.54, 1.807) is 19.1 Å². The first-order chi connectivity index (χ1) is 17.8. The van der Waals surface area contributed by atoms with Gasteiger partial charge < -0.3 is 39.7 Å². The van der Waals surface area contributed by atoms with E-state index in [2.05, 4.69) is 41.5 Å². The van der Waals surface area contributed by atoms with Gasteiger partial charge in [-0.1, -0.05) is 83.1 Å². The molecule has 11 heteroatoms. The quantitative estimate of drug-likeness (QED) is 0.0428. The zero-order valence-corrected chi connectivity index (χ0v) is 30.2. The molecule has 0 heterocycles. The number of carboxylic acid groups (broad SMARTS) is 1. The Hall–Kier alpha value is -2.71. The molecular formula is C32H58N3O7Pd-. The van der Waals surface area contributed by atoms with Crippen molar-refractivity contribution in [3.8, 4) is 11.5 Å². The number of phenolic OH excluding ortho intramolecular Hbond substituents is 2. The molecule has 10 nitrogen and oxygen atoms in total. The van der Waals surface area contributed by atoms with Crippen molar-refractivity contribution in [2.75, 3.05) is 12.3 Å². The zero-order chi connectivity index (χ0) is 32.4. The van der Waals surface area contributed by atoms with Crippen LogP contribution >= 0.6 is 0 Å². The minimum atomic E-state index is -0.438. The number of nitrogens with zero attached hydrogens (tertiary/aromatic N) is 1. The van der Waals surface area contributed by atoms with Gasteiger partial charge >= 0.3 is 0 Å². The smallest absolute Gasteiger partial charge is 0.290 e. The fourth-order valence-corrected chi connectivity index (χ4v) is 3.78. The molecule has 0 amide bonds. The first-order valence-corrected chi connectivity index (χ1v) is 13.2. The second kappa shape index (κ2) is 19.5. The zero-order valence-electron chi connectivity index (χ0n) is 28.7. The van der Waals surface area contributed by atoms with Crippen LogP contribution < -0.4 is 11.9 Å². The molecule has 0 aliphatic carbocycles. The maximum atomic E-state index is 11.1. The molecule has 0 aliphatic rings. The van der Waals surface area contributed by atoms with Crippen molar-refractivity contribution in [2.24, 2.45) is 0 Å². The molecule has 0 saturated heterocycles. The Balaban J connectivity index is -0.000000179. The van der Waals surface area contributed by atoms with Crippen LogP contribution in [-0.2, 0) is 46.9 Å². The standard InChI is InChI=1S/C14H21NO3.C14H23NO.C2H6O.CH2O2.CH3.H3N.Pd/c1-13(2,3)9-7-10(14(4,5)6)12(16)8-11(9)15(17)18;1-13(2,3)9-7-10(14(4,5)6)12(16)8-11(9)15;1-2-3;2-1-3;;;/h7-8,16H,1-6H3;7-8,16H,15H2,1-6H3;3H,2H2,1H3;1H,(H,2,3);2*1H3;/q;;;;-1;;. The fourth-order valence-electron chi connectivity index (χ4n) is 3.78. The van der Waals surface area contributed by atoms with Gasteiger partial charge in [0.15, 0.2) is 0 Å². The number of hydrogen-bond acceptors (Lipinski definition) is 8. The van der Waals surface area contributed by atoms with E-state index in [1.807, 2.05) is 47.6 Å². The van der Waals surface area contributed by atoms with E-state index in [4.69, 9.17) is 20.7 Å². The minimum Gasteiger partial charge on any atom is -0.508 e. The SMILES string of the molecule is CC(C)(C)c1cc(C(C)(C)C)c(O)cc1N.CC(C)(C)c1cc(C(C)(C)C)c([N+](=O)[O-])cc1O.CCO.N.O=CO.[CH3-].[Pd]. The van der Waals surface area contributed by atoms with E-state index in [0.717, 1.165) is 16.7 Å². The Morgan fingerprint density at radius 1 is 0.744 bits per heavy atom. The van der Waals surface area contributed by atoms with Gasteiger partial charge in [0.2, 0.25) is 0 Å². The normalized spacial score (nSPS) is 10.7. The van der Waals surface area contributed by atoms with Gasteiger partial charge in [0, 0.05) is 49.9 Å². The number of nitrogen functional groups attached to an aromatic ring is 1. The molecule has 0 bridgehead atoms. The Labute approximate surface area is 273 Å². The maximum absolute atomic E-state index is 11.1. The Bertz CT molecular complexity index is 1090. The van der Waals surface area contributed by atoms with Crippen LogP contribution in [-0.4, -0.2) is 38.4 Å². The van der Waals surface area contributed by atoms with Gasteiger partial charge in [-0.2, -0.15) is 0 Å². The number of benzene rings is 2. The van der Waals surface area contributed by atoms with Crippen LogP contribution in [0.3, 0.4) is 0 Å². The second-order valence-corrected chi connectivity index (χ2v) is 13.5. The predicted octanol–water partition coefficient (Wildman–Crippen LogP) is 7.77. The molecule has 2 aromatic rings. The molecule has 2 aromatic carbocycles. The van der Waals surface area contributed by atoms with E-state index in [1.165, 1.54) is 6.07 Å². The molecule has 43 heavy (non-hydrogen) atoms. The molecule has 0 saturated carbocycles. The number of nitro benzene ring substituents is 1. The Kier molecular flexibility index (Phi) is 22.7. The number of carbonyl (C=O) groups is 1. The monoisotopic (exact) mass is 702 g/mol. The van der Waals surface area contributed by atoms with Crippen LogP contribution in [0.25, 0.3) is 0 Å². The van der Waals surface area contributed by atoms with Crippen molar-refractivity contribution in [1.82, 2.24) is 6.15 Å². The molecule has 0 fully saturated rings. The van der Waals surface area contributed by atoms with Crippen molar-refractivity contribution < 1.29 is 50.6 Å². The summed E-state index contributed by atoms with van der Waals surface area (Å²) in [5.41, 5.74) is 9.37. The van der Waals surface area contributed by atoms with Crippen LogP contribution in [0.1, 0.15) is 112 Å². The number of anilines is 1. The van der Waals surface area contributed by atoms with Gasteiger partial charge in [-0.05, 0) is 51.8 Å². The third-order valence-corrected chi connectivity index (χ3v) is 5.71. The molecule has 0 spiro atoms. The molecule has 254 valence electrons. The van der Waals surface area contributed by atoms with Gasteiger partial charge in [-0.3, -0.25) is 14.9 Å². The number of aliphatic hydroxyl groups is 1. The van der Waals surface area contributed by atoms with Crippen molar-refractivity contribution >= 4 is 17.8 Å². The van der Waals surface area contributed by atoms with Crippen LogP contribution in [0, 0.1) is 17.5 Å². The number of phenols is 2. The Morgan fingerprint density at radius 3 is 1.26 bits per heavy atom. The number of hydrogen-bond donors (Lipinski definition) is 6. The van der Waals surface area contributed by atoms with E-state index in [9.17, 15) is 20.3 Å². The molecule has 0 aromatic heterocycles. The number of aliphatic hydroxyl groups excluding tert-OH is 1. The van der Waals surface area contributed by atoms with E-state index < -0.39 is 4.92 Å². The topological polar surface area (TPSA) is 202 Å². The number of nitro groups is 1. The molecule has 0 unspecified atom stereocenters. The number of aromatic hydroxyl groups is 2. The molecular weight excluding hydrogens is 645 g/mol. The van der Waals surface area contributed by atoms with Crippen molar-refractivity contribution in [1.29, 1.82) is 0 Å². The summed E-state index contributed by atoms with van der Waals surface area (Å²) in [4.78, 5) is 19.0. The van der Waals surface area contributed by atoms with Crippen LogP contribution in [0.5, 0.6) is 11.5 Å². The summed E-state index contributed by atoms with van der Waals surface area (Å²) < 4.78 is 0. The summed E-state index contributed by atoms with van der Waals surface area (Å²) in [6.07, 6.45) is 0. The summed E-state index contributed by atoms with van der Waals surface area (Å²) in [5.74, 6) is 0.278. The predicted molar refractivity (Wildman–Crippen MR) is 175 cm³/mol. The Morgan fingerprint density at radius 2 is 1.00 bits per heavy atom. The van der Waals surface area contributed by atoms with Gasteiger partial charge in [0.25, 0.3) is 12.2 Å². The van der Waals surface area contributed by atoms with Crippen LogP contribution in [0.2, 0.25) is 0 Å². The third kappa shape index (κ3) is 16.6. The van der Waals surface area contributed by atoms with Gasteiger partial charge in [-0.15, -0.1) is 0 Å². The number of nitrogens with two attached hydrogens (primary N) is 1. The largest absolute Gasteiger partial charge is 0.508 e.